The van der Waals surface area contributed by atoms with Crippen LogP contribution >= 0.6 is 27.5 Å². The largest absolute Gasteiger partial charge is 0.387 e. The van der Waals surface area contributed by atoms with Gasteiger partial charge in [-0.3, -0.25) is 4.79 Å². The van der Waals surface area contributed by atoms with E-state index in [-0.39, 0.29) is 12.5 Å². The van der Waals surface area contributed by atoms with Crippen molar-refractivity contribution in [3.63, 3.8) is 0 Å². The number of halogens is 2. The molecule has 0 radical (unpaired) electrons. The fraction of sp³-hybridized carbons (Fsp3) is 0.350. The van der Waals surface area contributed by atoms with E-state index in [0.717, 1.165) is 41.3 Å². The Morgan fingerprint density at radius 3 is 2.32 bits per heavy atom. The molecule has 0 heterocycles. The van der Waals surface area contributed by atoms with Crippen LogP contribution < -0.4 is 5.32 Å². The average molecular weight is 423 g/mol. The van der Waals surface area contributed by atoms with Crippen LogP contribution in [0.25, 0.3) is 0 Å². The molecule has 2 aromatic carbocycles. The number of nitrogens with one attached hydrogen (secondary N) is 1. The van der Waals surface area contributed by atoms with Crippen LogP contribution in [0.2, 0.25) is 5.02 Å². The van der Waals surface area contributed by atoms with Gasteiger partial charge < -0.3 is 10.4 Å². The maximum atomic E-state index is 13.0. The first kappa shape index (κ1) is 18.4. The molecule has 0 aliphatic heterocycles. The Morgan fingerprint density at radius 2 is 1.72 bits per heavy atom. The van der Waals surface area contributed by atoms with Crippen molar-refractivity contribution in [2.75, 3.05) is 6.54 Å². The number of amides is 1. The summed E-state index contributed by atoms with van der Waals surface area (Å²) in [4.78, 5) is 13.0. The van der Waals surface area contributed by atoms with Gasteiger partial charge in [-0.15, -0.1) is 0 Å². The Morgan fingerprint density at radius 1 is 1.12 bits per heavy atom. The van der Waals surface area contributed by atoms with E-state index in [1.807, 2.05) is 24.3 Å². The molecule has 0 bridgehead atoms. The van der Waals surface area contributed by atoms with Gasteiger partial charge in [-0.1, -0.05) is 64.6 Å². The lowest BCUT2D eigenvalue weighted by Gasteiger charge is -2.29. The molecule has 5 heteroatoms. The predicted octanol–water partition coefficient (Wildman–Crippen LogP) is 4.76. The number of hydrogen-bond donors (Lipinski definition) is 2. The fourth-order valence-corrected chi connectivity index (χ4v) is 3.95. The second-order valence-corrected chi connectivity index (χ2v) is 7.93. The van der Waals surface area contributed by atoms with E-state index in [1.165, 1.54) is 0 Å². The zero-order valence-corrected chi connectivity index (χ0v) is 16.2. The number of hydrogen-bond acceptors (Lipinski definition) is 2. The zero-order chi connectivity index (χ0) is 17.9. The van der Waals surface area contributed by atoms with Crippen LogP contribution in [0.3, 0.4) is 0 Å². The number of aliphatic hydroxyl groups is 1. The molecular formula is C20H21BrClNO2. The highest BCUT2D eigenvalue weighted by molar-refractivity contribution is 9.10. The zero-order valence-electron chi connectivity index (χ0n) is 13.8. The Kier molecular flexibility index (Phi) is 5.82. The van der Waals surface area contributed by atoms with E-state index in [9.17, 15) is 9.90 Å². The van der Waals surface area contributed by atoms with E-state index in [1.54, 1.807) is 24.3 Å². The summed E-state index contributed by atoms with van der Waals surface area (Å²) in [5, 5.41) is 13.9. The molecule has 2 aromatic rings. The first-order chi connectivity index (χ1) is 12.0. The smallest absolute Gasteiger partial charge is 0.230 e. The summed E-state index contributed by atoms with van der Waals surface area (Å²) in [5.41, 5.74) is 1.31. The van der Waals surface area contributed by atoms with Crippen LogP contribution in [0.4, 0.5) is 0 Å². The highest BCUT2D eigenvalue weighted by atomic mass is 79.9. The monoisotopic (exact) mass is 421 g/mol. The number of carbonyl (C=O) groups is 1. The van der Waals surface area contributed by atoms with Crippen molar-refractivity contribution in [3.05, 3.63) is 69.2 Å². The summed E-state index contributed by atoms with van der Waals surface area (Å²) in [6.07, 6.45) is 3.03. The van der Waals surface area contributed by atoms with E-state index in [2.05, 4.69) is 21.2 Å². The summed E-state index contributed by atoms with van der Waals surface area (Å²) in [5.74, 6) is 0.000311. The van der Waals surface area contributed by atoms with Gasteiger partial charge in [0, 0.05) is 16.0 Å². The lowest BCUT2D eigenvalue weighted by Crippen LogP contribution is -2.44. The standard InChI is InChI=1S/C20H21BrClNO2/c21-16-7-5-15(6-8-16)20(11-1-2-12-20)19(25)23-13-18(24)14-3-9-17(22)10-4-14/h3-10,18,24H,1-2,11-13H2,(H,23,25). The van der Waals surface area contributed by atoms with Crippen molar-refractivity contribution >= 4 is 33.4 Å². The molecular weight excluding hydrogens is 402 g/mol. The SMILES string of the molecule is O=C(NCC(O)c1ccc(Cl)cc1)C1(c2ccc(Br)cc2)CCCC1. The third kappa shape index (κ3) is 4.08. The van der Waals surface area contributed by atoms with Gasteiger partial charge in [0.2, 0.25) is 5.91 Å². The summed E-state index contributed by atoms with van der Waals surface area (Å²) >= 11 is 9.32. The van der Waals surface area contributed by atoms with Gasteiger partial charge in [0.25, 0.3) is 0 Å². The Hall–Kier alpha value is -1.36. The highest BCUT2D eigenvalue weighted by Crippen LogP contribution is 2.41. The molecule has 1 aliphatic rings. The van der Waals surface area contributed by atoms with Crippen LogP contribution in [-0.4, -0.2) is 17.6 Å². The Labute approximate surface area is 161 Å². The molecule has 2 N–H and O–H groups in total. The molecule has 1 saturated carbocycles. The van der Waals surface area contributed by atoms with E-state index in [4.69, 9.17) is 11.6 Å². The normalized spacial score (nSPS) is 17.2. The van der Waals surface area contributed by atoms with E-state index < -0.39 is 11.5 Å². The molecule has 1 aliphatic carbocycles. The van der Waals surface area contributed by atoms with Crippen LogP contribution in [0.15, 0.2) is 53.0 Å². The van der Waals surface area contributed by atoms with Crippen molar-refractivity contribution < 1.29 is 9.90 Å². The molecule has 1 unspecified atom stereocenters. The van der Waals surface area contributed by atoms with Crippen LogP contribution in [0, 0.1) is 0 Å². The average Bonchev–Trinajstić information content (AvgIpc) is 3.11. The van der Waals surface area contributed by atoms with Gasteiger partial charge in [-0.25, -0.2) is 0 Å². The molecule has 3 nitrogen and oxygen atoms in total. The maximum Gasteiger partial charge on any atom is 0.230 e. The van der Waals surface area contributed by atoms with Crippen LogP contribution in [0.5, 0.6) is 0 Å². The molecule has 1 amide bonds. The number of carbonyl (C=O) groups excluding carboxylic acids is 1. The summed E-state index contributed by atoms with van der Waals surface area (Å²) < 4.78 is 1.00. The second-order valence-electron chi connectivity index (χ2n) is 6.57. The second kappa shape index (κ2) is 7.90. The number of benzene rings is 2. The molecule has 132 valence electrons. The molecule has 25 heavy (non-hydrogen) atoms. The molecule has 1 atom stereocenters. The summed E-state index contributed by atoms with van der Waals surface area (Å²) in [6, 6.07) is 15.0. The van der Waals surface area contributed by atoms with Gasteiger partial charge >= 0.3 is 0 Å². The van der Waals surface area contributed by atoms with Crippen molar-refractivity contribution in [1.29, 1.82) is 0 Å². The topological polar surface area (TPSA) is 49.3 Å². The molecule has 1 fully saturated rings. The first-order valence-electron chi connectivity index (χ1n) is 8.49. The Bertz CT molecular complexity index is 724. The van der Waals surface area contributed by atoms with Crippen molar-refractivity contribution in [3.8, 4) is 0 Å². The third-order valence-electron chi connectivity index (χ3n) is 5.00. The number of aliphatic hydroxyl groups excluding tert-OH is 1. The predicted molar refractivity (Wildman–Crippen MR) is 104 cm³/mol. The van der Waals surface area contributed by atoms with Crippen LogP contribution in [0.1, 0.15) is 42.9 Å². The highest BCUT2D eigenvalue weighted by Gasteiger charge is 2.42. The van der Waals surface area contributed by atoms with E-state index in [0.29, 0.717) is 5.02 Å². The minimum Gasteiger partial charge on any atom is -0.387 e. The summed E-state index contributed by atoms with van der Waals surface area (Å²) in [7, 11) is 0. The first-order valence-corrected chi connectivity index (χ1v) is 9.66. The maximum absolute atomic E-state index is 13.0. The lowest BCUT2D eigenvalue weighted by molar-refractivity contribution is -0.127. The molecule has 0 spiro atoms. The van der Waals surface area contributed by atoms with Gasteiger partial charge in [-0.2, -0.15) is 0 Å². The lowest BCUT2D eigenvalue weighted by atomic mass is 9.78. The molecule has 0 aromatic heterocycles. The van der Waals surface area contributed by atoms with Gasteiger partial charge in [-0.05, 0) is 48.2 Å². The Balaban J connectivity index is 1.71. The van der Waals surface area contributed by atoms with Gasteiger partial charge in [0.05, 0.1) is 11.5 Å². The minimum atomic E-state index is -0.746. The quantitative estimate of drug-likeness (QED) is 0.729. The third-order valence-corrected chi connectivity index (χ3v) is 5.78. The minimum absolute atomic E-state index is 0.000311. The van der Waals surface area contributed by atoms with Gasteiger partial charge in [0.1, 0.15) is 0 Å². The van der Waals surface area contributed by atoms with Gasteiger partial charge in [0.15, 0.2) is 0 Å². The molecule has 3 rings (SSSR count). The van der Waals surface area contributed by atoms with Crippen molar-refractivity contribution in [2.24, 2.45) is 0 Å². The van der Waals surface area contributed by atoms with Crippen molar-refractivity contribution in [1.82, 2.24) is 5.32 Å². The van der Waals surface area contributed by atoms with E-state index >= 15 is 0 Å². The fourth-order valence-electron chi connectivity index (χ4n) is 3.56. The summed E-state index contributed by atoms with van der Waals surface area (Å²) in [6.45, 7) is 0.193. The van der Waals surface area contributed by atoms with Crippen LogP contribution in [-0.2, 0) is 10.2 Å². The molecule has 0 saturated heterocycles. The van der Waals surface area contributed by atoms with Crippen molar-refractivity contribution in [2.45, 2.75) is 37.2 Å². The number of rotatable bonds is 5.